The zero-order chi connectivity index (χ0) is 8.27. The third kappa shape index (κ3) is 2.34. The van der Waals surface area contributed by atoms with Crippen molar-refractivity contribution < 1.29 is 4.79 Å². The van der Waals surface area contributed by atoms with Crippen molar-refractivity contribution in [2.75, 3.05) is 0 Å². The van der Waals surface area contributed by atoms with Crippen molar-refractivity contribution in [2.24, 2.45) is 0 Å². The van der Waals surface area contributed by atoms with Crippen molar-refractivity contribution in [3.05, 3.63) is 22.7 Å². The highest BCUT2D eigenvalue weighted by atomic mass is 79.9. The monoisotopic (exact) mass is 278 g/mol. The molecule has 0 fully saturated rings. The predicted molar refractivity (Wildman–Crippen MR) is 47.5 cm³/mol. The lowest BCUT2D eigenvalue weighted by Crippen LogP contribution is -1.93. The van der Waals surface area contributed by atoms with Gasteiger partial charge in [0.05, 0.1) is 4.83 Å². The first kappa shape index (κ1) is 8.80. The summed E-state index contributed by atoms with van der Waals surface area (Å²) < 4.78 is 0.520. The second kappa shape index (κ2) is 3.92. The highest BCUT2D eigenvalue weighted by Gasteiger charge is 2.05. The Balaban J connectivity index is 2.89. The topological polar surface area (TPSA) is 42.9 Å². The van der Waals surface area contributed by atoms with Gasteiger partial charge in [-0.25, -0.2) is 9.97 Å². The largest absolute Gasteiger partial charge is 0.302 e. The van der Waals surface area contributed by atoms with Crippen LogP contribution in [0.1, 0.15) is 10.4 Å². The molecule has 0 saturated carbocycles. The Labute approximate surface area is 80.5 Å². The van der Waals surface area contributed by atoms with Gasteiger partial charge in [0.2, 0.25) is 0 Å². The summed E-state index contributed by atoms with van der Waals surface area (Å²) in [6.45, 7) is 0. The lowest BCUT2D eigenvalue weighted by atomic mass is 10.3. The molecule has 1 atom stereocenters. The maximum atomic E-state index is 10.3. The van der Waals surface area contributed by atoms with Crippen molar-refractivity contribution in [1.82, 2.24) is 9.97 Å². The molecule has 1 aromatic heterocycles. The lowest BCUT2D eigenvalue weighted by molar-refractivity contribution is -0.107. The van der Waals surface area contributed by atoms with E-state index < -0.39 is 0 Å². The van der Waals surface area contributed by atoms with E-state index in [0.717, 1.165) is 11.8 Å². The van der Waals surface area contributed by atoms with E-state index in [4.69, 9.17) is 0 Å². The normalized spacial score (nSPS) is 12.5. The lowest BCUT2D eigenvalue weighted by Gasteiger charge is -1.98. The summed E-state index contributed by atoms with van der Waals surface area (Å²) in [7, 11) is 0. The molecule has 0 radical (unpaired) electrons. The standard InChI is InChI=1S/C6H4Br2N2O/c7-5(3-11)4-1-9-6(8)10-2-4/h1-3,5H. The molecule has 0 spiro atoms. The molecule has 0 aliphatic heterocycles. The van der Waals surface area contributed by atoms with Crippen LogP contribution in [0.25, 0.3) is 0 Å². The molecule has 58 valence electrons. The summed E-state index contributed by atoms with van der Waals surface area (Å²) in [6.07, 6.45) is 3.96. The van der Waals surface area contributed by atoms with Crippen LogP contribution in [0.15, 0.2) is 17.1 Å². The molecule has 0 aliphatic carbocycles. The Kier molecular flexibility index (Phi) is 3.14. The Morgan fingerprint density at radius 1 is 1.45 bits per heavy atom. The van der Waals surface area contributed by atoms with E-state index >= 15 is 0 Å². The molecule has 0 amide bonds. The molecule has 0 aliphatic rings. The zero-order valence-corrected chi connectivity index (χ0v) is 8.54. The maximum absolute atomic E-state index is 10.3. The predicted octanol–water partition coefficient (Wildman–Crippen LogP) is 1.87. The van der Waals surface area contributed by atoms with Crippen LogP contribution in [-0.4, -0.2) is 16.3 Å². The van der Waals surface area contributed by atoms with Gasteiger partial charge in [0.1, 0.15) is 6.29 Å². The SMILES string of the molecule is O=CC(Br)c1cnc(Br)nc1. The van der Waals surface area contributed by atoms with Gasteiger partial charge in [-0.05, 0) is 15.9 Å². The van der Waals surface area contributed by atoms with Crippen molar-refractivity contribution in [3.8, 4) is 0 Å². The highest BCUT2D eigenvalue weighted by Crippen LogP contribution is 2.18. The van der Waals surface area contributed by atoms with Gasteiger partial charge < -0.3 is 4.79 Å². The van der Waals surface area contributed by atoms with Crippen LogP contribution >= 0.6 is 31.9 Å². The number of carbonyl (C=O) groups excluding carboxylic acids is 1. The van der Waals surface area contributed by atoms with Crippen LogP contribution in [0.4, 0.5) is 0 Å². The van der Waals surface area contributed by atoms with E-state index in [1.54, 1.807) is 12.4 Å². The summed E-state index contributed by atoms with van der Waals surface area (Å²) in [5, 5.41) is 0. The van der Waals surface area contributed by atoms with E-state index in [1.807, 2.05) is 0 Å². The second-order valence-corrected chi connectivity index (χ2v) is 3.52. The molecule has 1 rings (SSSR count). The minimum atomic E-state index is -0.310. The molecule has 3 nitrogen and oxygen atoms in total. The molecule has 0 bridgehead atoms. The Morgan fingerprint density at radius 3 is 2.45 bits per heavy atom. The fourth-order valence-corrected chi connectivity index (χ4v) is 0.984. The van der Waals surface area contributed by atoms with E-state index in [2.05, 4.69) is 41.8 Å². The number of alkyl halides is 1. The molecule has 5 heteroatoms. The number of aromatic nitrogens is 2. The number of rotatable bonds is 2. The minimum Gasteiger partial charge on any atom is -0.302 e. The zero-order valence-electron chi connectivity index (χ0n) is 5.37. The van der Waals surface area contributed by atoms with Crippen LogP contribution in [0.2, 0.25) is 0 Å². The maximum Gasteiger partial charge on any atom is 0.196 e. The molecule has 0 aromatic carbocycles. The van der Waals surface area contributed by atoms with Crippen molar-refractivity contribution in [2.45, 2.75) is 4.83 Å². The highest BCUT2D eigenvalue weighted by molar-refractivity contribution is 9.10. The number of hydrogen-bond acceptors (Lipinski definition) is 3. The fraction of sp³-hybridized carbons (Fsp3) is 0.167. The van der Waals surface area contributed by atoms with Gasteiger partial charge in [0.25, 0.3) is 0 Å². The second-order valence-electron chi connectivity index (χ2n) is 1.82. The van der Waals surface area contributed by atoms with Gasteiger partial charge in [-0.3, -0.25) is 0 Å². The Bertz CT molecular complexity index is 249. The molecule has 0 N–H and O–H groups in total. The van der Waals surface area contributed by atoms with Crippen LogP contribution in [-0.2, 0) is 4.79 Å². The quantitative estimate of drug-likeness (QED) is 0.472. The van der Waals surface area contributed by atoms with Gasteiger partial charge in [-0.15, -0.1) is 0 Å². The van der Waals surface area contributed by atoms with Gasteiger partial charge in [0.15, 0.2) is 4.73 Å². The number of nitrogens with zero attached hydrogens (tertiary/aromatic N) is 2. The summed E-state index contributed by atoms with van der Waals surface area (Å²) in [4.78, 5) is 17.7. The summed E-state index contributed by atoms with van der Waals surface area (Å²) >= 11 is 6.24. The fourth-order valence-electron chi connectivity index (χ4n) is 0.543. The molecule has 1 unspecified atom stereocenters. The Morgan fingerprint density at radius 2 is 2.00 bits per heavy atom. The number of aldehydes is 1. The Hall–Kier alpha value is -0.290. The van der Waals surface area contributed by atoms with Crippen molar-refractivity contribution in [1.29, 1.82) is 0 Å². The molecule has 1 heterocycles. The molecule has 1 aromatic rings. The average Bonchev–Trinajstić information content (AvgIpc) is 2.05. The first-order chi connectivity index (χ1) is 5.24. The molecule has 0 saturated heterocycles. The van der Waals surface area contributed by atoms with Gasteiger partial charge in [-0.2, -0.15) is 0 Å². The van der Waals surface area contributed by atoms with Gasteiger partial charge in [-0.1, -0.05) is 15.9 Å². The van der Waals surface area contributed by atoms with Gasteiger partial charge >= 0.3 is 0 Å². The van der Waals surface area contributed by atoms with E-state index in [9.17, 15) is 4.79 Å². The van der Waals surface area contributed by atoms with Crippen LogP contribution in [0.3, 0.4) is 0 Å². The average molecular weight is 280 g/mol. The first-order valence-electron chi connectivity index (χ1n) is 2.81. The number of halogens is 2. The van der Waals surface area contributed by atoms with Crippen LogP contribution in [0, 0.1) is 0 Å². The number of carbonyl (C=O) groups is 1. The molecular formula is C6H4Br2N2O. The third-order valence-electron chi connectivity index (χ3n) is 1.08. The van der Waals surface area contributed by atoms with Gasteiger partial charge in [0, 0.05) is 18.0 Å². The van der Waals surface area contributed by atoms with E-state index in [-0.39, 0.29) is 4.83 Å². The molecular weight excluding hydrogens is 276 g/mol. The smallest absolute Gasteiger partial charge is 0.196 e. The van der Waals surface area contributed by atoms with Crippen molar-refractivity contribution in [3.63, 3.8) is 0 Å². The van der Waals surface area contributed by atoms with Crippen molar-refractivity contribution >= 4 is 38.1 Å². The number of hydrogen-bond donors (Lipinski definition) is 0. The summed E-state index contributed by atoms with van der Waals surface area (Å²) in [6, 6.07) is 0. The van der Waals surface area contributed by atoms with Crippen LogP contribution in [0.5, 0.6) is 0 Å². The van der Waals surface area contributed by atoms with E-state index in [1.165, 1.54) is 0 Å². The summed E-state index contributed by atoms with van der Waals surface area (Å²) in [5.41, 5.74) is 0.753. The first-order valence-corrected chi connectivity index (χ1v) is 4.51. The summed E-state index contributed by atoms with van der Waals surface area (Å²) in [5.74, 6) is 0. The van der Waals surface area contributed by atoms with Crippen LogP contribution < -0.4 is 0 Å². The molecule has 11 heavy (non-hydrogen) atoms. The van der Waals surface area contributed by atoms with E-state index in [0.29, 0.717) is 4.73 Å². The minimum absolute atomic E-state index is 0.310. The third-order valence-corrected chi connectivity index (χ3v) is 2.23.